The van der Waals surface area contributed by atoms with E-state index >= 15 is 0 Å². The minimum atomic E-state index is -4.70. The largest absolute Gasteiger partial charge is 0.449 e. The van der Waals surface area contributed by atoms with Crippen LogP contribution in [0.3, 0.4) is 0 Å². The molecule has 60 valence electrons. The van der Waals surface area contributed by atoms with Crippen LogP contribution in [0.15, 0.2) is 0 Å². The molecule has 0 bridgehead atoms. The van der Waals surface area contributed by atoms with Crippen LogP contribution in [0.25, 0.3) is 0 Å². The fourth-order valence-corrected chi connectivity index (χ4v) is 0.539. The predicted molar refractivity (Wildman–Crippen MR) is 31.3 cm³/mol. The summed E-state index contributed by atoms with van der Waals surface area (Å²) in [5.41, 5.74) is 4.89. The molecule has 3 N–H and O–H groups in total. The van der Waals surface area contributed by atoms with Crippen molar-refractivity contribution in [3.05, 3.63) is 0 Å². The minimum Gasteiger partial charge on any atom is -0.323 e. The highest BCUT2D eigenvalue weighted by Crippen LogP contribution is 1.89. The van der Waals surface area contributed by atoms with Gasteiger partial charge in [0.2, 0.25) is 0 Å². The normalized spacial score (nSPS) is 14.3. The van der Waals surface area contributed by atoms with E-state index in [4.69, 9.17) is 10.3 Å². The van der Waals surface area contributed by atoms with Gasteiger partial charge in [-0.05, 0) is 6.92 Å². The van der Waals surface area contributed by atoms with Gasteiger partial charge < -0.3 is 9.92 Å². The van der Waals surface area contributed by atoms with Crippen LogP contribution in [0.5, 0.6) is 0 Å². The van der Waals surface area contributed by atoms with Crippen molar-refractivity contribution in [2.45, 2.75) is 13.0 Å². The maximum absolute atomic E-state index is 10.3. The van der Waals surface area contributed by atoms with Crippen molar-refractivity contribution in [3.8, 4) is 0 Å². The Hall–Kier alpha value is -0.660. The van der Waals surface area contributed by atoms with Crippen molar-refractivity contribution in [2.24, 2.45) is 5.73 Å². The SMILES string of the molecule is CC(N)C(=O)OS(=O)(=O)O. The van der Waals surface area contributed by atoms with Gasteiger partial charge in [-0.1, -0.05) is 0 Å². The smallest absolute Gasteiger partial charge is 0.323 e. The molecule has 0 heterocycles. The fraction of sp³-hybridized carbons (Fsp3) is 0.667. The van der Waals surface area contributed by atoms with E-state index in [9.17, 15) is 13.2 Å². The minimum absolute atomic E-state index is 1.07. The second-order valence-electron chi connectivity index (χ2n) is 1.62. The lowest BCUT2D eigenvalue weighted by Gasteiger charge is -2.00. The third-order valence-electron chi connectivity index (χ3n) is 0.559. The van der Waals surface area contributed by atoms with Crippen molar-refractivity contribution < 1.29 is 21.9 Å². The van der Waals surface area contributed by atoms with E-state index in [1.807, 2.05) is 0 Å². The van der Waals surface area contributed by atoms with Crippen LogP contribution in [0.2, 0.25) is 0 Å². The lowest BCUT2D eigenvalue weighted by Crippen LogP contribution is -2.30. The van der Waals surface area contributed by atoms with Crippen LogP contribution in [0, 0.1) is 0 Å². The van der Waals surface area contributed by atoms with Gasteiger partial charge in [0.25, 0.3) is 0 Å². The van der Waals surface area contributed by atoms with Crippen molar-refractivity contribution in [1.82, 2.24) is 0 Å². The molecular formula is C3H7NO5S. The molecule has 7 heteroatoms. The van der Waals surface area contributed by atoms with Gasteiger partial charge in [-0.2, -0.15) is 8.42 Å². The van der Waals surface area contributed by atoms with Crippen molar-refractivity contribution in [1.29, 1.82) is 0 Å². The Morgan fingerprint density at radius 1 is 1.70 bits per heavy atom. The second-order valence-corrected chi connectivity index (χ2v) is 2.64. The van der Waals surface area contributed by atoms with Crippen LogP contribution < -0.4 is 5.73 Å². The highest BCUT2D eigenvalue weighted by atomic mass is 32.3. The predicted octanol–water partition coefficient (Wildman–Crippen LogP) is -1.32. The summed E-state index contributed by atoms with van der Waals surface area (Å²) in [5.74, 6) is -1.19. The van der Waals surface area contributed by atoms with Crippen molar-refractivity contribution in [3.63, 3.8) is 0 Å². The van der Waals surface area contributed by atoms with Gasteiger partial charge in [-0.15, -0.1) is 0 Å². The molecule has 1 atom stereocenters. The summed E-state index contributed by atoms with van der Waals surface area (Å²) >= 11 is 0. The van der Waals surface area contributed by atoms with Crippen LogP contribution >= 0.6 is 0 Å². The zero-order valence-corrected chi connectivity index (χ0v) is 5.96. The van der Waals surface area contributed by atoms with Crippen LogP contribution in [-0.4, -0.2) is 25.0 Å². The molecular weight excluding hydrogens is 162 g/mol. The van der Waals surface area contributed by atoms with Gasteiger partial charge in [-0.3, -0.25) is 4.55 Å². The molecule has 1 unspecified atom stereocenters. The summed E-state index contributed by atoms with van der Waals surface area (Å²) in [7, 11) is -4.70. The van der Waals surface area contributed by atoms with Crippen LogP contribution in [0.1, 0.15) is 6.92 Å². The monoisotopic (exact) mass is 169 g/mol. The van der Waals surface area contributed by atoms with E-state index in [0.717, 1.165) is 0 Å². The van der Waals surface area contributed by atoms with Gasteiger partial charge in [0.15, 0.2) is 0 Å². The molecule has 0 aliphatic heterocycles. The summed E-state index contributed by atoms with van der Waals surface area (Å²) in [6, 6.07) is -1.07. The number of hydrogen-bond donors (Lipinski definition) is 2. The Morgan fingerprint density at radius 3 is 2.20 bits per heavy atom. The Labute approximate surface area is 57.9 Å². The summed E-state index contributed by atoms with van der Waals surface area (Å²) in [6.45, 7) is 1.23. The molecule has 0 aromatic rings. The van der Waals surface area contributed by atoms with E-state index in [-0.39, 0.29) is 0 Å². The van der Waals surface area contributed by atoms with E-state index in [0.29, 0.717) is 0 Å². The molecule has 10 heavy (non-hydrogen) atoms. The molecule has 0 aliphatic carbocycles. The first-order valence-electron chi connectivity index (χ1n) is 2.29. The molecule has 0 rings (SSSR count). The average molecular weight is 169 g/mol. The Balaban J connectivity index is 4.07. The van der Waals surface area contributed by atoms with Crippen LogP contribution in [0.4, 0.5) is 0 Å². The topological polar surface area (TPSA) is 107 Å². The van der Waals surface area contributed by atoms with Gasteiger partial charge in [0.1, 0.15) is 6.04 Å². The highest BCUT2D eigenvalue weighted by molar-refractivity contribution is 7.81. The Morgan fingerprint density at radius 2 is 2.10 bits per heavy atom. The maximum Gasteiger partial charge on any atom is 0.449 e. The Bertz CT molecular complexity index is 217. The highest BCUT2D eigenvalue weighted by Gasteiger charge is 2.16. The standard InChI is InChI=1S/C3H7NO5S/c1-2(4)3(5)9-10(6,7)8/h2H,4H2,1H3,(H,6,7,8). The van der Waals surface area contributed by atoms with Gasteiger partial charge in [0, 0.05) is 0 Å². The molecule has 0 saturated heterocycles. The molecule has 0 radical (unpaired) electrons. The third-order valence-corrected chi connectivity index (χ3v) is 0.934. The van der Waals surface area contributed by atoms with E-state index in [1.54, 1.807) is 0 Å². The maximum atomic E-state index is 10.3. The number of rotatable bonds is 2. The lowest BCUT2D eigenvalue weighted by molar-refractivity contribution is -0.135. The van der Waals surface area contributed by atoms with E-state index < -0.39 is 22.4 Å². The molecule has 0 spiro atoms. The molecule has 6 nitrogen and oxygen atoms in total. The van der Waals surface area contributed by atoms with Crippen molar-refractivity contribution >= 4 is 16.4 Å². The summed E-state index contributed by atoms with van der Waals surface area (Å²) in [5, 5.41) is 0. The molecule has 0 fully saturated rings. The van der Waals surface area contributed by atoms with E-state index in [1.165, 1.54) is 6.92 Å². The molecule has 0 aromatic heterocycles. The fourth-order valence-electron chi connectivity index (χ4n) is 0.180. The number of carbonyl (C=O) groups excluding carboxylic acids is 1. The van der Waals surface area contributed by atoms with Gasteiger partial charge in [0.05, 0.1) is 0 Å². The summed E-state index contributed by atoms with van der Waals surface area (Å²) < 4.78 is 31.0. The first-order valence-corrected chi connectivity index (χ1v) is 3.66. The average Bonchev–Trinajstić information content (AvgIpc) is 1.60. The first-order chi connectivity index (χ1) is 4.33. The van der Waals surface area contributed by atoms with Crippen LogP contribution in [-0.2, 0) is 19.4 Å². The van der Waals surface area contributed by atoms with Gasteiger partial charge in [-0.25, -0.2) is 4.79 Å². The summed E-state index contributed by atoms with van der Waals surface area (Å²) in [6.07, 6.45) is 0. The zero-order chi connectivity index (χ0) is 8.36. The zero-order valence-electron chi connectivity index (χ0n) is 5.14. The second kappa shape index (κ2) is 2.95. The Kier molecular flexibility index (Phi) is 2.76. The quantitative estimate of drug-likeness (QED) is 0.496. The van der Waals surface area contributed by atoms with Crippen molar-refractivity contribution in [2.75, 3.05) is 0 Å². The lowest BCUT2D eigenvalue weighted by atomic mass is 10.4. The third kappa shape index (κ3) is 4.24. The van der Waals surface area contributed by atoms with E-state index in [2.05, 4.69) is 4.18 Å². The molecule has 0 aliphatic rings. The summed E-state index contributed by atoms with van der Waals surface area (Å²) in [4.78, 5) is 10.3. The number of hydrogen-bond acceptors (Lipinski definition) is 5. The molecule has 0 aromatic carbocycles. The number of carbonyl (C=O) groups is 1. The first kappa shape index (κ1) is 9.34. The number of nitrogens with two attached hydrogens (primary N) is 1. The van der Waals surface area contributed by atoms with Gasteiger partial charge >= 0.3 is 16.4 Å². The molecule has 0 saturated carbocycles. The molecule has 0 amide bonds.